The lowest BCUT2D eigenvalue weighted by Gasteiger charge is -2.43. The zero-order valence-electron chi connectivity index (χ0n) is 16.9. The number of piperidine rings is 1. The average molecular weight is 388 g/mol. The first-order valence-electron chi connectivity index (χ1n) is 10.6. The standard InChI is InChI=1S/C21H33N5O2/c1-2-23-21(28)26-14-9-18-19(16-26)25(15-17-7-11-22-12-8-17)13-6-4-3-5-10-24-20(18)27/h7-8,11-12,18-19H,2-6,9-10,13-16H2,1H3,(H,23,28)(H,24,27)/t18-,19-/m1/s1. The second-order valence-corrected chi connectivity index (χ2v) is 7.78. The molecule has 2 atom stereocenters. The Morgan fingerprint density at radius 2 is 2.00 bits per heavy atom. The Labute approximate surface area is 167 Å². The fraction of sp³-hybridized carbons (Fsp3) is 0.667. The fourth-order valence-electron chi connectivity index (χ4n) is 4.28. The maximum absolute atomic E-state index is 12.9. The minimum absolute atomic E-state index is 0.0282. The van der Waals surface area contributed by atoms with Gasteiger partial charge in [-0.3, -0.25) is 14.7 Å². The Morgan fingerprint density at radius 3 is 2.79 bits per heavy atom. The second-order valence-electron chi connectivity index (χ2n) is 7.78. The van der Waals surface area contributed by atoms with Gasteiger partial charge in [-0.25, -0.2) is 4.79 Å². The Kier molecular flexibility index (Phi) is 7.65. The van der Waals surface area contributed by atoms with Gasteiger partial charge in [0.15, 0.2) is 0 Å². The molecule has 28 heavy (non-hydrogen) atoms. The van der Waals surface area contributed by atoms with Crippen LogP contribution in [0.3, 0.4) is 0 Å². The molecule has 2 saturated heterocycles. The minimum Gasteiger partial charge on any atom is -0.356 e. The van der Waals surface area contributed by atoms with Gasteiger partial charge in [0, 0.05) is 51.2 Å². The third-order valence-electron chi connectivity index (χ3n) is 5.81. The summed E-state index contributed by atoms with van der Waals surface area (Å²) in [5.41, 5.74) is 1.19. The van der Waals surface area contributed by atoms with Crippen molar-refractivity contribution >= 4 is 11.9 Å². The largest absolute Gasteiger partial charge is 0.356 e. The highest BCUT2D eigenvalue weighted by Crippen LogP contribution is 2.26. The van der Waals surface area contributed by atoms with Gasteiger partial charge in [0.25, 0.3) is 0 Å². The number of carbonyl (C=O) groups is 2. The summed E-state index contributed by atoms with van der Waals surface area (Å²) < 4.78 is 0. The molecule has 2 N–H and O–H groups in total. The predicted octanol–water partition coefficient (Wildman–Crippen LogP) is 1.99. The number of fused-ring (bicyclic) bond motifs is 1. The highest BCUT2D eigenvalue weighted by atomic mass is 16.2. The van der Waals surface area contributed by atoms with Crippen LogP contribution in [-0.4, -0.2) is 65.5 Å². The van der Waals surface area contributed by atoms with E-state index in [4.69, 9.17) is 0 Å². The summed E-state index contributed by atoms with van der Waals surface area (Å²) in [4.78, 5) is 33.8. The molecule has 2 fully saturated rings. The van der Waals surface area contributed by atoms with Gasteiger partial charge < -0.3 is 15.5 Å². The van der Waals surface area contributed by atoms with Crippen molar-refractivity contribution in [1.82, 2.24) is 25.4 Å². The van der Waals surface area contributed by atoms with Gasteiger partial charge in [0.2, 0.25) is 5.91 Å². The van der Waals surface area contributed by atoms with Gasteiger partial charge in [-0.15, -0.1) is 0 Å². The van der Waals surface area contributed by atoms with Crippen molar-refractivity contribution in [1.29, 1.82) is 0 Å². The molecule has 3 amide bonds. The number of carbonyl (C=O) groups excluding carboxylic acids is 2. The molecule has 0 aliphatic carbocycles. The Balaban J connectivity index is 1.82. The van der Waals surface area contributed by atoms with Gasteiger partial charge in [0.05, 0.1) is 5.92 Å². The van der Waals surface area contributed by atoms with Crippen LogP contribution in [0.1, 0.15) is 44.6 Å². The molecular weight excluding hydrogens is 354 g/mol. The number of nitrogens with zero attached hydrogens (tertiary/aromatic N) is 3. The van der Waals surface area contributed by atoms with Crippen LogP contribution in [-0.2, 0) is 11.3 Å². The van der Waals surface area contributed by atoms with Crippen LogP contribution in [0.25, 0.3) is 0 Å². The van der Waals surface area contributed by atoms with E-state index in [2.05, 4.69) is 20.5 Å². The molecular formula is C21H33N5O2. The Hall–Kier alpha value is -2.15. The second kappa shape index (κ2) is 10.4. The number of urea groups is 1. The van der Waals surface area contributed by atoms with Crippen LogP contribution in [0.4, 0.5) is 4.79 Å². The SMILES string of the molecule is CCNC(=O)N1CC[C@H]2C(=O)NCCCCCCN(Cc3ccncc3)[C@@H]2C1. The molecule has 3 heterocycles. The molecule has 1 aromatic rings. The molecule has 0 unspecified atom stereocenters. The van der Waals surface area contributed by atoms with E-state index in [1.807, 2.05) is 36.4 Å². The molecule has 0 spiro atoms. The summed E-state index contributed by atoms with van der Waals surface area (Å²) in [6.07, 6.45) is 8.80. The van der Waals surface area contributed by atoms with Crippen molar-refractivity contribution in [3.8, 4) is 0 Å². The number of hydrogen-bond donors (Lipinski definition) is 2. The van der Waals surface area contributed by atoms with E-state index in [-0.39, 0.29) is 23.9 Å². The van der Waals surface area contributed by atoms with Crippen molar-refractivity contribution < 1.29 is 9.59 Å². The Morgan fingerprint density at radius 1 is 1.21 bits per heavy atom. The molecule has 7 nitrogen and oxygen atoms in total. The van der Waals surface area contributed by atoms with Crippen molar-refractivity contribution in [2.24, 2.45) is 5.92 Å². The average Bonchev–Trinajstić information content (AvgIpc) is 2.75. The summed E-state index contributed by atoms with van der Waals surface area (Å²) >= 11 is 0. The molecule has 0 bridgehead atoms. The summed E-state index contributed by atoms with van der Waals surface area (Å²) in [5, 5.41) is 6.04. The molecule has 2 aliphatic rings. The maximum Gasteiger partial charge on any atom is 0.317 e. The monoisotopic (exact) mass is 387 g/mol. The van der Waals surface area contributed by atoms with E-state index < -0.39 is 0 Å². The van der Waals surface area contributed by atoms with Crippen molar-refractivity contribution in [3.63, 3.8) is 0 Å². The third-order valence-corrected chi connectivity index (χ3v) is 5.81. The number of rotatable bonds is 3. The predicted molar refractivity (Wildman–Crippen MR) is 109 cm³/mol. The van der Waals surface area contributed by atoms with E-state index in [9.17, 15) is 9.59 Å². The van der Waals surface area contributed by atoms with Crippen LogP contribution in [0.2, 0.25) is 0 Å². The van der Waals surface area contributed by atoms with Crippen molar-refractivity contribution in [2.45, 2.75) is 51.6 Å². The zero-order valence-corrected chi connectivity index (χ0v) is 16.9. The lowest BCUT2D eigenvalue weighted by atomic mass is 9.89. The van der Waals surface area contributed by atoms with Gasteiger partial charge in [-0.05, 0) is 50.4 Å². The van der Waals surface area contributed by atoms with E-state index >= 15 is 0 Å². The number of amides is 3. The first-order chi connectivity index (χ1) is 13.7. The van der Waals surface area contributed by atoms with Crippen molar-refractivity contribution in [2.75, 3.05) is 32.7 Å². The molecule has 1 aromatic heterocycles. The van der Waals surface area contributed by atoms with Crippen LogP contribution in [0.5, 0.6) is 0 Å². The Bertz CT molecular complexity index is 639. The first-order valence-corrected chi connectivity index (χ1v) is 10.6. The van der Waals surface area contributed by atoms with Gasteiger partial charge in [-0.1, -0.05) is 12.8 Å². The quantitative estimate of drug-likeness (QED) is 0.832. The van der Waals surface area contributed by atoms with Crippen LogP contribution >= 0.6 is 0 Å². The molecule has 0 aromatic carbocycles. The zero-order chi connectivity index (χ0) is 19.8. The lowest BCUT2D eigenvalue weighted by molar-refractivity contribution is -0.129. The first kappa shape index (κ1) is 20.6. The van der Waals surface area contributed by atoms with E-state index in [0.717, 1.165) is 38.9 Å². The fourth-order valence-corrected chi connectivity index (χ4v) is 4.28. The van der Waals surface area contributed by atoms with Crippen LogP contribution < -0.4 is 10.6 Å². The summed E-state index contributed by atoms with van der Waals surface area (Å²) in [5.74, 6) is 0.0628. The smallest absolute Gasteiger partial charge is 0.317 e. The molecule has 0 saturated carbocycles. The van der Waals surface area contributed by atoms with Gasteiger partial charge in [0.1, 0.15) is 0 Å². The maximum atomic E-state index is 12.9. The normalized spacial score (nSPS) is 24.6. The summed E-state index contributed by atoms with van der Waals surface area (Å²) in [6.45, 7) is 6.25. The van der Waals surface area contributed by atoms with Gasteiger partial charge >= 0.3 is 6.03 Å². The highest BCUT2D eigenvalue weighted by Gasteiger charge is 2.39. The van der Waals surface area contributed by atoms with Crippen molar-refractivity contribution in [3.05, 3.63) is 30.1 Å². The summed E-state index contributed by atoms with van der Waals surface area (Å²) in [7, 11) is 0. The molecule has 154 valence electrons. The number of aromatic nitrogens is 1. The number of likely N-dealkylation sites (tertiary alicyclic amines) is 1. The minimum atomic E-state index is -0.0781. The summed E-state index contributed by atoms with van der Waals surface area (Å²) in [6, 6.07) is 4.07. The van der Waals surface area contributed by atoms with E-state index in [1.54, 1.807) is 0 Å². The third kappa shape index (κ3) is 5.44. The van der Waals surface area contributed by atoms with E-state index in [0.29, 0.717) is 26.1 Å². The molecule has 7 heteroatoms. The van der Waals surface area contributed by atoms with Gasteiger partial charge in [-0.2, -0.15) is 0 Å². The topological polar surface area (TPSA) is 77.6 Å². The lowest BCUT2D eigenvalue weighted by Crippen LogP contribution is -2.59. The van der Waals surface area contributed by atoms with Crippen LogP contribution in [0, 0.1) is 5.92 Å². The molecule has 0 radical (unpaired) electrons. The highest BCUT2D eigenvalue weighted by molar-refractivity contribution is 5.80. The number of pyridine rings is 1. The van der Waals surface area contributed by atoms with E-state index in [1.165, 1.54) is 12.0 Å². The van der Waals surface area contributed by atoms with Crippen LogP contribution in [0.15, 0.2) is 24.5 Å². The number of nitrogens with one attached hydrogen (secondary N) is 2. The molecule has 2 aliphatic heterocycles. The molecule has 3 rings (SSSR count). The number of hydrogen-bond acceptors (Lipinski definition) is 4.